The number of hydrogen-bond acceptors (Lipinski definition) is 4. The summed E-state index contributed by atoms with van der Waals surface area (Å²) in [5.41, 5.74) is 0.973. The van der Waals surface area contributed by atoms with Gasteiger partial charge in [0.15, 0.2) is 0 Å². The fourth-order valence-electron chi connectivity index (χ4n) is 2.34. The van der Waals surface area contributed by atoms with Crippen molar-refractivity contribution in [2.75, 3.05) is 32.9 Å². The molecule has 1 saturated heterocycles. The summed E-state index contributed by atoms with van der Waals surface area (Å²) < 4.78 is 10.9. The first-order valence-corrected chi connectivity index (χ1v) is 7.88. The number of ether oxygens (including phenoxy) is 2. The number of benzene rings is 1. The van der Waals surface area contributed by atoms with Gasteiger partial charge in [-0.05, 0) is 56.0 Å². The van der Waals surface area contributed by atoms with E-state index >= 15 is 0 Å². The molecule has 0 bridgehead atoms. The van der Waals surface area contributed by atoms with Gasteiger partial charge in [0.1, 0.15) is 18.5 Å². The Morgan fingerprint density at radius 2 is 2.38 bits per heavy atom. The number of halogens is 1. The molecule has 2 unspecified atom stereocenters. The normalized spacial score (nSPS) is 19.7. The number of aryl methyl sites for hydroxylation is 1. The Hall–Kier alpha value is -0.810. The molecular weight excluding hydrogens is 290 g/mol. The van der Waals surface area contributed by atoms with Crippen molar-refractivity contribution in [3.05, 3.63) is 28.8 Å². The predicted molar refractivity (Wildman–Crippen MR) is 84.1 cm³/mol. The van der Waals surface area contributed by atoms with Gasteiger partial charge in [-0.1, -0.05) is 11.6 Å². The van der Waals surface area contributed by atoms with E-state index < -0.39 is 6.10 Å². The van der Waals surface area contributed by atoms with E-state index in [1.807, 2.05) is 19.1 Å². The van der Waals surface area contributed by atoms with Gasteiger partial charge in [0, 0.05) is 24.8 Å². The quantitative estimate of drug-likeness (QED) is 0.724. The molecule has 1 aromatic rings. The van der Waals surface area contributed by atoms with Crippen LogP contribution in [-0.2, 0) is 4.74 Å². The van der Waals surface area contributed by atoms with Gasteiger partial charge in [0.25, 0.3) is 0 Å². The van der Waals surface area contributed by atoms with Gasteiger partial charge < -0.3 is 19.9 Å². The lowest BCUT2D eigenvalue weighted by atomic mass is 10.1. The molecule has 1 aliphatic rings. The summed E-state index contributed by atoms with van der Waals surface area (Å²) in [6.45, 7) is 5.43. The second kappa shape index (κ2) is 8.59. The molecule has 4 nitrogen and oxygen atoms in total. The van der Waals surface area contributed by atoms with E-state index in [9.17, 15) is 5.11 Å². The van der Waals surface area contributed by atoms with Crippen LogP contribution in [0.1, 0.15) is 18.4 Å². The van der Waals surface area contributed by atoms with Crippen molar-refractivity contribution < 1.29 is 14.6 Å². The van der Waals surface area contributed by atoms with Gasteiger partial charge in [0.05, 0.1) is 0 Å². The van der Waals surface area contributed by atoms with Crippen LogP contribution < -0.4 is 10.1 Å². The molecule has 0 radical (unpaired) electrons. The second-order valence-corrected chi connectivity index (χ2v) is 6.01. The number of hydrogen-bond donors (Lipinski definition) is 2. The van der Waals surface area contributed by atoms with Gasteiger partial charge in [0.2, 0.25) is 0 Å². The zero-order chi connectivity index (χ0) is 15.1. The van der Waals surface area contributed by atoms with Crippen LogP contribution >= 0.6 is 11.6 Å². The molecule has 1 aliphatic heterocycles. The molecule has 118 valence electrons. The Morgan fingerprint density at radius 3 is 3.10 bits per heavy atom. The van der Waals surface area contributed by atoms with Gasteiger partial charge in [-0.2, -0.15) is 0 Å². The fourth-order valence-corrected chi connectivity index (χ4v) is 2.46. The van der Waals surface area contributed by atoms with Crippen molar-refractivity contribution in [2.24, 2.45) is 5.92 Å². The summed E-state index contributed by atoms with van der Waals surface area (Å²) in [6.07, 6.45) is 1.74. The number of aliphatic hydroxyl groups is 1. The third kappa shape index (κ3) is 5.83. The second-order valence-electron chi connectivity index (χ2n) is 5.60. The lowest BCUT2D eigenvalue weighted by molar-refractivity contribution is 0.106. The average molecular weight is 314 g/mol. The van der Waals surface area contributed by atoms with Crippen LogP contribution in [0, 0.1) is 12.8 Å². The Morgan fingerprint density at radius 1 is 1.52 bits per heavy atom. The smallest absolute Gasteiger partial charge is 0.119 e. The molecule has 0 saturated carbocycles. The predicted octanol–water partition coefficient (Wildman–Crippen LogP) is 2.40. The molecule has 0 amide bonds. The lowest BCUT2D eigenvalue weighted by Crippen LogP contribution is -2.32. The van der Waals surface area contributed by atoms with Crippen LogP contribution in [0.2, 0.25) is 5.02 Å². The minimum atomic E-state index is -0.513. The molecule has 1 fully saturated rings. The van der Waals surface area contributed by atoms with Crippen LogP contribution in [0.15, 0.2) is 18.2 Å². The Kier molecular flexibility index (Phi) is 6.77. The standard InChI is InChI=1S/C16H24ClNO3/c1-12-8-15(2-3-16(12)17)21-11-14(19)9-18-6-4-13-5-7-20-10-13/h2-3,8,13-14,18-19H,4-7,9-11H2,1H3. The molecule has 2 rings (SSSR count). The van der Waals surface area contributed by atoms with E-state index in [0.717, 1.165) is 48.9 Å². The average Bonchev–Trinajstić information content (AvgIpc) is 2.98. The van der Waals surface area contributed by atoms with Crippen LogP contribution in [-0.4, -0.2) is 44.1 Å². The van der Waals surface area contributed by atoms with E-state index in [1.165, 1.54) is 0 Å². The number of aliphatic hydroxyl groups excluding tert-OH is 1. The summed E-state index contributed by atoms with van der Waals surface area (Å²) in [5.74, 6) is 1.40. The molecular formula is C16H24ClNO3. The SMILES string of the molecule is Cc1cc(OCC(O)CNCCC2CCOC2)ccc1Cl. The van der Waals surface area contributed by atoms with Crippen molar-refractivity contribution in [2.45, 2.75) is 25.9 Å². The third-order valence-corrected chi connectivity index (χ3v) is 4.13. The van der Waals surface area contributed by atoms with Crippen molar-refractivity contribution in [3.8, 4) is 5.75 Å². The van der Waals surface area contributed by atoms with E-state index in [0.29, 0.717) is 12.5 Å². The highest BCUT2D eigenvalue weighted by Crippen LogP contribution is 2.21. The van der Waals surface area contributed by atoms with E-state index in [2.05, 4.69) is 5.32 Å². The molecule has 1 aromatic carbocycles. The highest BCUT2D eigenvalue weighted by Gasteiger charge is 2.15. The van der Waals surface area contributed by atoms with Crippen LogP contribution in [0.3, 0.4) is 0 Å². The molecule has 0 aromatic heterocycles. The molecule has 2 atom stereocenters. The maximum absolute atomic E-state index is 9.89. The summed E-state index contributed by atoms with van der Waals surface area (Å²) in [5, 5.41) is 13.9. The highest BCUT2D eigenvalue weighted by molar-refractivity contribution is 6.31. The zero-order valence-electron chi connectivity index (χ0n) is 12.5. The van der Waals surface area contributed by atoms with Crippen molar-refractivity contribution in [3.63, 3.8) is 0 Å². The molecule has 5 heteroatoms. The van der Waals surface area contributed by atoms with Gasteiger partial charge in [-0.25, -0.2) is 0 Å². The van der Waals surface area contributed by atoms with Gasteiger partial charge in [-0.3, -0.25) is 0 Å². The van der Waals surface area contributed by atoms with E-state index in [4.69, 9.17) is 21.1 Å². The summed E-state index contributed by atoms with van der Waals surface area (Å²) in [6, 6.07) is 5.50. The molecule has 0 spiro atoms. The Labute approximate surface area is 131 Å². The summed E-state index contributed by atoms with van der Waals surface area (Å²) in [4.78, 5) is 0. The fraction of sp³-hybridized carbons (Fsp3) is 0.625. The van der Waals surface area contributed by atoms with Crippen LogP contribution in [0.25, 0.3) is 0 Å². The van der Waals surface area contributed by atoms with Crippen LogP contribution in [0.5, 0.6) is 5.75 Å². The van der Waals surface area contributed by atoms with Crippen molar-refractivity contribution >= 4 is 11.6 Å². The first-order valence-electron chi connectivity index (χ1n) is 7.50. The van der Waals surface area contributed by atoms with E-state index in [1.54, 1.807) is 6.07 Å². The van der Waals surface area contributed by atoms with Crippen molar-refractivity contribution in [1.82, 2.24) is 5.32 Å². The minimum Gasteiger partial charge on any atom is -0.491 e. The lowest BCUT2D eigenvalue weighted by Gasteiger charge is -2.14. The van der Waals surface area contributed by atoms with E-state index in [-0.39, 0.29) is 6.61 Å². The minimum absolute atomic E-state index is 0.278. The molecule has 21 heavy (non-hydrogen) atoms. The molecule has 2 N–H and O–H groups in total. The number of nitrogens with one attached hydrogen (secondary N) is 1. The largest absolute Gasteiger partial charge is 0.491 e. The zero-order valence-corrected chi connectivity index (χ0v) is 13.2. The maximum Gasteiger partial charge on any atom is 0.119 e. The number of rotatable bonds is 8. The topological polar surface area (TPSA) is 50.7 Å². The monoisotopic (exact) mass is 313 g/mol. The van der Waals surface area contributed by atoms with Gasteiger partial charge in [-0.15, -0.1) is 0 Å². The molecule has 1 heterocycles. The first kappa shape index (κ1) is 16.6. The molecule has 0 aliphatic carbocycles. The summed E-state index contributed by atoms with van der Waals surface area (Å²) in [7, 11) is 0. The first-order chi connectivity index (χ1) is 10.1. The highest BCUT2D eigenvalue weighted by atomic mass is 35.5. The Bertz CT molecular complexity index is 436. The summed E-state index contributed by atoms with van der Waals surface area (Å²) >= 11 is 5.96. The van der Waals surface area contributed by atoms with Crippen molar-refractivity contribution in [1.29, 1.82) is 0 Å². The van der Waals surface area contributed by atoms with Gasteiger partial charge >= 0.3 is 0 Å². The third-order valence-electron chi connectivity index (χ3n) is 3.71. The maximum atomic E-state index is 9.89. The van der Waals surface area contributed by atoms with Crippen LogP contribution in [0.4, 0.5) is 0 Å². The Balaban J connectivity index is 1.58.